The number of carbonyl (C=O) groups excluding carboxylic acids is 2. The molecule has 152 valence electrons. The second-order valence-corrected chi connectivity index (χ2v) is 6.47. The van der Waals surface area contributed by atoms with Gasteiger partial charge in [-0.3, -0.25) is 14.9 Å². The highest BCUT2D eigenvalue weighted by Crippen LogP contribution is 2.19. The maximum atomic E-state index is 11.9. The summed E-state index contributed by atoms with van der Waals surface area (Å²) in [4.78, 5) is 44.8. The average molecular weight is 513 g/mol. The minimum absolute atomic E-state index is 0.0722. The Morgan fingerprint density at radius 1 is 1.14 bits per heavy atom. The summed E-state index contributed by atoms with van der Waals surface area (Å²) in [6.07, 6.45) is -0.826. The van der Waals surface area contributed by atoms with Crippen LogP contribution in [0.25, 0.3) is 0 Å². The highest BCUT2D eigenvalue weighted by atomic mass is 127. The Balaban J connectivity index is 1.80. The van der Waals surface area contributed by atoms with Crippen LogP contribution in [0, 0.1) is 10.1 Å². The third-order valence-electron chi connectivity index (χ3n) is 3.67. The number of carboxylic acid groups (broad SMARTS) is 1. The summed E-state index contributed by atoms with van der Waals surface area (Å²) in [6.45, 7) is -0.458. The molecule has 10 nitrogen and oxygen atoms in total. The summed E-state index contributed by atoms with van der Waals surface area (Å²) >= 11 is 2.02. The van der Waals surface area contributed by atoms with E-state index in [1.54, 1.807) is 6.07 Å². The van der Waals surface area contributed by atoms with Gasteiger partial charge in [-0.2, -0.15) is 0 Å². The van der Waals surface area contributed by atoms with Gasteiger partial charge in [0.05, 0.1) is 10.5 Å². The SMILES string of the molecule is O=C(CNC(=O)OCc1ccc([N+](=O)[O-])cc1)Nc1ccc(C(=O)O)c(CI)c1. The second-order valence-electron chi connectivity index (χ2n) is 5.71. The molecule has 0 unspecified atom stereocenters. The van der Waals surface area contributed by atoms with Crippen molar-refractivity contribution in [2.45, 2.75) is 11.0 Å². The molecule has 0 saturated carbocycles. The van der Waals surface area contributed by atoms with E-state index in [-0.39, 0.29) is 24.4 Å². The van der Waals surface area contributed by atoms with Crippen molar-refractivity contribution < 1.29 is 29.2 Å². The summed E-state index contributed by atoms with van der Waals surface area (Å²) in [7, 11) is 0. The number of rotatable bonds is 8. The van der Waals surface area contributed by atoms with E-state index in [0.717, 1.165) is 0 Å². The molecular formula is C18H16IN3O7. The molecule has 2 aromatic carbocycles. The highest BCUT2D eigenvalue weighted by molar-refractivity contribution is 14.1. The van der Waals surface area contributed by atoms with E-state index in [1.807, 2.05) is 22.6 Å². The molecule has 0 aliphatic carbocycles. The van der Waals surface area contributed by atoms with Gasteiger partial charge < -0.3 is 20.5 Å². The molecule has 11 heteroatoms. The molecular weight excluding hydrogens is 497 g/mol. The van der Waals surface area contributed by atoms with E-state index < -0.39 is 22.9 Å². The lowest BCUT2D eigenvalue weighted by Crippen LogP contribution is -2.33. The van der Waals surface area contributed by atoms with Crippen molar-refractivity contribution in [1.82, 2.24) is 5.32 Å². The molecule has 3 N–H and O–H groups in total. The van der Waals surface area contributed by atoms with E-state index in [0.29, 0.717) is 21.2 Å². The second kappa shape index (κ2) is 10.4. The largest absolute Gasteiger partial charge is 0.478 e. The van der Waals surface area contributed by atoms with Gasteiger partial charge in [0.2, 0.25) is 5.91 Å². The maximum absolute atomic E-state index is 11.9. The lowest BCUT2D eigenvalue weighted by Gasteiger charge is -2.10. The molecule has 0 aromatic heterocycles. The van der Waals surface area contributed by atoms with Crippen molar-refractivity contribution in [2.75, 3.05) is 11.9 Å². The van der Waals surface area contributed by atoms with Crippen molar-refractivity contribution in [2.24, 2.45) is 0 Å². The third kappa shape index (κ3) is 6.71. The zero-order valence-corrected chi connectivity index (χ0v) is 17.0. The van der Waals surface area contributed by atoms with Gasteiger partial charge in [-0.15, -0.1) is 0 Å². The Morgan fingerprint density at radius 2 is 1.83 bits per heavy atom. The molecule has 0 fully saturated rings. The minimum Gasteiger partial charge on any atom is -0.478 e. The zero-order chi connectivity index (χ0) is 21.4. The number of nitro groups is 1. The molecule has 29 heavy (non-hydrogen) atoms. The molecule has 2 amide bonds. The number of non-ortho nitro benzene ring substituents is 1. The summed E-state index contributed by atoms with van der Waals surface area (Å²) in [6, 6.07) is 9.93. The Hall–Kier alpha value is -3.22. The fraction of sp³-hybridized carbons (Fsp3) is 0.167. The van der Waals surface area contributed by atoms with Crippen LogP contribution in [0.5, 0.6) is 0 Å². The van der Waals surface area contributed by atoms with Gasteiger partial charge in [0.1, 0.15) is 13.2 Å². The predicted molar refractivity (Wildman–Crippen MR) is 111 cm³/mol. The number of alkyl halides is 1. The number of hydrogen-bond acceptors (Lipinski definition) is 6. The number of nitro benzene ring substituents is 1. The third-order valence-corrected chi connectivity index (χ3v) is 4.50. The van der Waals surface area contributed by atoms with Crippen LogP contribution in [-0.2, 0) is 20.6 Å². The lowest BCUT2D eigenvalue weighted by molar-refractivity contribution is -0.384. The van der Waals surface area contributed by atoms with Crippen molar-refractivity contribution in [3.8, 4) is 0 Å². The maximum Gasteiger partial charge on any atom is 0.407 e. The molecule has 0 radical (unpaired) electrons. The number of aromatic carboxylic acids is 1. The van der Waals surface area contributed by atoms with Crippen LogP contribution in [0.4, 0.5) is 16.2 Å². The summed E-state index contributed by atoms with van der Waals surface area (Å²) < 4.78 is 5.40. The first-order valence-electron chi connectivity index (χ1n) is 8.16. The molecule has 2 aromatic rings. The lowest BCUT2D eigenvalue weighted by atomic mass is 10.1. The van der Waals surface area contributed by atoms with E-state index >= 15 is 0 Å². The smallest absolute Gasteiger partial charge is 0.407 e. The number of nitrogens with zero attached hydrogens (tertiary/aromatic N) is 1. The fourth-order valence-corrected chi connectivity index (χ4v) is 2.89. The summed E-state index contributed by atoms with van der Waals surface area (Å²) in [5, 5.41) is 24.5. The van der Waals surface area contributed by atoms with E-state index in [4.69, 9.17) is 9.84 Å². The van der Waals surface area contributed by atoms with E-state index in [2.05, 4.69) is 10.6 Å². The zero-order valence-electron chi connectivity index (χ0n) is 14.9. The van der Waals surface area contributed by atoms with Gasteiger partial charge in [0, 0.05) is 22.2 Å². The van der Waals surface area contributed by atoms with Crippen LogP contribution >= 0.6 is 22.6 Å². The van der Waals surface area contributed by atoms with Crippen molar-refractivity contribution in [1.29, 1.82) is 0 Å². The standard InChI is InChI=1S/C18H16IN3O7/c19-8-12-7-13(3-6-15(12)17(24)25)21-16(23)9-20-18(26)29-10-11-1-4-14(5-2-11)22(27)28/h1-7H,8-10H2,(H,20,26)(H,21,23)(H,24,25). The summed E-state index contributed by atoms with van der Waals surface area (Å²) in [5.41, 5.74) is 1.61. The number of nitrogens with one attached hydrogen (secondary N) is 2. The van der Waals surface area contributed by atoms with Gasteiger partial charge in [-0.1, -0.05) is 22.6 Å². The average Bonchev–Trinajstić information content (AvgIpc) is 2.70. The normalized spacial score (nSPS) is 10.1. The van der Waals surface area contributed by atoms with Gasteiger partial charge in [-0.05, 0) is 41.5 Å². The topological polar surface area (TPSA) is 148 Å². The number of amides is 2. The number of ether oxygens (including phenoxy) is 1. The van der Waals surface area contributed by atoms with Crippen LogP contribution < -0.4 is 10.6 Å². The number of carboxylic acids is 1. The summed E-state index contributed by atoms with van der Waals surface area (Å²) in [5.74, 6) is -1.56. The molecule has 0 bridgehead atoms. The highest BCUT2D eigenvalue weighted by Gasteiger charge is 2.12. The molecule has 0 atom stereocenters. The predicted octanol–water partition coefficient (Wildman–Crippen LogP) is 3.09. The van der Waals surface area contributed by atoms with Crippen LogP contribution in [0.3, 0.4) is 0 Å². The monoisotopic (exact) mass is 513 g/mol. The minimum atomic E-state index is -1.05. The number of carbonyl (C=O) groups is 3. The van der Waals surface area contributed by atoms with Crippen LogP contribution in [0.15, 0.2) is 42.5 Å². The van der Waals surface area contributed by atoms with E-state index in [9.17, 15) is 24.5 Å². The first-order chi connectivity index (χ1) is 13.8. The fourth-order valence-electron chi connectivity index (χ4n) is 2.26. The van der Waals surface area contributed by atoms with Crippen molar-refractivity contribution in [3.63, 3.8) is 0 Å². The van der Waals surface area contributed by atoms with Gasteiger partial charge in [0.15, 0.2) is 0 Å². The molecule has 0 spiro atoms. The Morgan fingerprint density at radius 3 is 2.41 bits per heavy atom. The quantitative estimate of drug-likeness (QED) is 0.213. The van der Waals surface area contributed by atoms with Crippen LogP contribution in [0.1, 0.15) is 21.5 Å². The van der Waals surface area contributed by atoms with Gasteiger partial charge in [0.25, 0.3) is 5.69 Å². The van der Waals surface area contributed by atoms with E-state index in [1.165, 1.54) is 36.4 Å². The molecule has 0 heterocycles. The van der Waals surface area contributed by atoms with Crippen LogP contribution in [0.2, 0.25) is 0 Å². The number of benzene rings is 2. The Labute approximate surface area is 178 Å². The van der Waals surface area contributed by atoms with Gasteiger partial charge >= 0.3 is 12.1 Å². The number of hydrogen-bond donors (Lipinski definition) is 3. The van der Waals surface area contributed by atoms with Crippen LogP contribution in [-0.4, -0.2) is 34.5 Å². The Kier molecular flexibility index (Phi) is 7.88. The van der Waals surface area contributed by atoms with Crippen molar-refractivity contribution >= 4 is 51.9 Å². The molecule has 0 aliphatic heterocycles. The Bertz CT molecular complexity index is 932. The van der Waals surface area contributed by atoms with Crippen molar-refractivity contribution in [3.05, 3.63) is 69.3 Å². The first-order valence-corrected chi connectivity index (χ1v) is 9.68. The number of anilines is 1. The first kappa shape index (κ1) is 22.1. The number of alkyl carbamates (subject to hydrolysis) is 1. The molecule has 2 rings (SSSR count). The molecule has 0 aliphatic rings. The van der Waals surface area contributed by atoms with Gasteiger partial charge in [-0.25, -0.2) is 9.59 Å². The number of halogens is 1. The molecule has 0 saturated heterocycles.